The Hall–Kier alpha value is -1.36. The average molecular weight is 253 g/mol. The van der Waals surface area contributed by atoms with Crippen LogP contribution in [0.25, 0.3) is 0 Å². The molecule has 0 aliphatic heterocycles. The van der Waals surface area contributed by atoms with Gasteiger partial charge in [0, 0.05) is 32.5 Å². The molecule has 5 nitrogen and oxygen atoms in total. The lowest BCUT2D eigenvalue weighted by atomic mass is 10.1. The maximum absolute atomic E-state index is 11.6. The molecule has 0 aromatic carbocycles. The van der Waals surface area contributed by atoms with Crippen LogP contribution in [0.2, 0.25) is 0 Å². The first-order valence-corrected chi connectivity index (χ1v) is 6.49. The minimum atomic E-state index is -0.475. The molecule has 0 saturated carbocycles. The highest BCUT2D eigenvalue weighted by Crippen LogP contribution is 2.01. The Labute approximate surface area is 107 Å². The maximum Gasteiger partial charge on any atom is 0.316 e. The van der Waals surface area contributed by atoms with Crippen molar-refractivity contribution in [3.8, 4) is 0 Å². The molecule has 0 spiro atoms. The standard InChI is InChI=1S/C13H23N3O2/c1-11(2)5-4-6-14-7-8-16-10-9-15(3)12(17)13(16)18/h9-11,14H,4-8H2,1-3H3. The molecule has 1 heterocycles. The Morgan fingerprint density at radius 3 is 2.56 bits per heavy atom. The monoisotopic (exact) mass is 253 g/mol. The first kappa shape index (κ1) is 14.7. The summed E-state index contributed by atoms with van der Waals surface area (Å²) < 4.78 is 2.76. The summed E-state index contributed by atoms with van der Waals surface area (Å²) in [5.41, 5.74) is -0.929. The summed E-state index contributed by atoms with van der Waals surface area (Å²) >= 11 is 0. The summed E-state index contributed by atoms with van der Waals surface area (Å²) in [6.45, 7) is 6.62. The number of nitrogens with one attached hydrogen (secondary N) is 1. The summed E-state index contributed by atoms with van der Waals surface area (Å²) in [5, 5.41) is 3.28. The Morgan fingerprint density at radius 2 is 1.89 bits per heavy atom. The molecule has 102 valence electrons. The summed E-state index contributed by atoms with van der Waals surface area (Å²) in [4.78, 5) is 23.0. The molecule has 18 heavy (non-hydrogen) atoms. The third kappa shape index (κ3) is 4.49. The average Bonchev–Trinajstić information content (AvgIpc) is 2.33. The molecule has 0 bridgehead atoms. The zero-order valence-corrected chi connectivity index (χ0v) is 11.5. The molecule has 0 fully saturated rings. The highest BCUT2D eigenvalue weighted by molar-refractivity contribution is 4.84. The summed E-state index contributed by atoms with van der Waals surface area (Å²) in [6.07, 6.45) is 5.62. The number of hydrogen-bond donors (Lipinski definition) is 1. The van der Waals surface area contributed by atoms with Crippen molar-refractivity contribution in [1.29, 1.82) is 0 Å². The van der Waals surface area contributed by atoms with E-state index in [9.17, 15) is 9.59 Å². The van der Waals surface area contributed by atoms with Crippen LogP contribution in [-0.4, -0.2) is 22.2 Å². The van der Waals surface area contributed by atoms with E-state index in [1.807, 2.05) is 0 Å². The molecule has 0 aliphatic carbocycles. The van der Waals surface area contributed by atoms with Gasteiger partial charge < -0.3 is 14.5 Å². The van der Waals surface area contributed by atoms with Crippen LogP contribution in [-0.2, 0) is 13.6 Å². The van der Waals surface area contributed by atoms with Crippen LogP contribution >= 0.6 is 0 Å². The molecule has 0 atom stereocenters. The molecule has 5 heteroatoms. The maximum atomic E-state index is 11.6. The van der Waals surface area contributed by atoms with Crippen molar-refractivity contribution in [2.45, 2.75) is 33.2 Å². The van der Waals surface area contributed by atoms with E-state index in [-0.39, 0.29) is 0 Å². The minimum absolute atomic E-state index is 0.455. The predicted octanol–water partition coefficient (Wildman–Crippen LogP) is 0.573. The van der Waals surface area contributed by atoms with Gasteiger partial charge in [-0.25, -0.2) is 0 Å². The van der Waals surface area contributed by atoms with Crippen LogP contribution in [0.4, 0.5) is 0 Å². The first-order chi connectivity index (χ1) is 8.52. The van der Waals surface area contributed by atoms with Gasteiger partial charge in [0.1, 0.15) is 0 Å². The first-order valence-electron chi connectivity index (χ1n) is 6.49. The molecule has 1 aromatic rings. The lowest BCUT2D eigenvalue weighted by Gasteiger charge is -2.08. The number of aromatic nitrogens is 2. The second kappa shape index (κ2) is 7.16. The third-order valence-electron chi connectivity index (χ3n) is 2.90. The Balaban J connectivity index is 2.34. The number of aryl methyl sites for hydroxylation is 1. The smallest absolute Gasteiger partial charge is 0.315 e. The SMILES string of the molecule is CC(C)CCCNCCn1ccn(C)c(=O)c1=O. The Morgan fingerprint density at radius 1 is 1.17 bits per heavy atom. The molecular weight excluding hydrogens is 230 g/mol. The number of hydrogen-bond acceptors (Lipinski definition) is 3. The van der Waals surface area contributed by atoms with Crippen LogP contribution < -0.4 is 16.4 Å². The molecule has 1 rings (SSSR count). The predicted molar refractivity (Wildman–Crippen MR) is 72.9 cm³/mol. The molecule has 0 saturated heterocycles. The van der Waals surface area contributed by atoms with Gasteiger partial charge in [-0.05, 0) is 25.3 Å². The van der Waals surface area contributed by atoms with Crippen molar-refractivity contribution in [3.63, 3.8) is 0 Å². The normalized spacial score (nSPS) is 11.1. The van der Waals surface area contributed by atoms with Crippen LogP contribution in [0.15, 0.2) is 22.0 Å². The third-order valence-corrected chi connectivity index (χ3v) is 2.90. The zero-order valence-electron chi connectivity index (χ0n) is 11.5. The van der Waals surface area contributed by atoms with Gasteiger partial charge in [-0.2, -0.15) is 0 Å². The lowest BCUT2D eigenvalue weighted by Crippen LogP contribution is -2.40. The van der Waals surface area contributed by atoms with Gasteiger partial charge in [-0.15, -0.1) is 0 Å². The van der Waals surface area contributed by atoms with Gasteiger partial charge in [0.05, 0.1) is 0 Å². The molecule has 1 aromatic heterocycles. The fraction of sp³-hybridized carbons (Fsp3) is 0.692. The molecule has 0 unspecified atom stereocenters. The van der Waals surface area contributed by atoms with Gasteiger partial charge in [0.25, 0.3) is 0 Å². The lowest BCUT2D eigenvalue weighted by molar-refractivity contribution is 0.510. The van der Waals surface area contributed by atoms with Crippen molar-refractivity contribution >= 4 is 0 Å². The molecule has 1 N–H and O–H groups in total. The van der Waals surface area contributed by atoms with E-state index in [0.29, 0.717) is 13.1 Å². The molecular formula is C13H23N3O2. The number of nitrogens with zero attached hydrogens (tertiary/aromatic N) is 2. The van der Waals surface area contributed by atoms with E-state index in [1.54, 1.807) is 19.4 Å². The van der Waals surface area contributed by atoms with E-state index in [1.165, 1.54) is 15.6 Å². The van der Waals surface area contributed by atoms with Gasteiger partial charge >= 0.3 is 11.1 Å². The van der Waals surface area contributed by atoms with Gasteiger partial charge in [-0.3, -0.25) is 9.59 Å². The highest BCUT2D eigenvalue weighted by Gasteiger charge is 2.01. The van der Waals surface area contributed by atoms with Gasteiger partial charge in [-0.1, -0.05) is 13.8 Å². The largest absolute Gasteiger partial charge is 0.316 e. The van der Waals surface area contributed by atoms with Crippen LogP contribution in [0.1, 0.15) is 26.7 Å². The van der Waals surface area contributed by atoms with Crippen LogP contribution in [0.3, 0.4) is 0 Å². The van der Waals surface area contributed by atoms with E-state index in [0.717, 1.165) is 18.9 Å². The van der Waals surface area contributed by atoms with Crippen molar-refractivity contribution in [1.82, 2.24) is 14.5 Å². The highest BCUT2D eigenvalue weighted by atomic mass is 16.2. The number of rotatable bonds is 7. The van der Waals surface area contributed by atoms with E-state index in [2.05, 4.69) is 19.2 Å². The van der Waals surface area contributed by atoms with Crippen molar-refractivity contribution < 1.29 is 0 Å². The molecule has 0 aliphatic rings. The summed E-state index contributed by atoms with van der Waals surface area (Å²) in [6, 6.07) is 0. The summed E-state index contributed by atoms with van der Waals surface area (Å²) in [7, 11) is 1.58. The fourth-order valence-corrected chi connectivity index (χ4v) is 1.73. The second-order valence-electron chi connectivity index (χ2n) is 5.00. The summed E-state index contributed by atoms with van der Waals surface area (Å²) in [5.74, 6) is 0.728. The molecule has 0 radical (unpaired) electrons. The Bertz CT molecular complexity index is 474. The topological polar surface area (TPSA) is 56.0 Å². The van der Waals surface area contributed by atoms with Crippen LogP contribution in [0, 0.1) is 5.92 Å². The van der Waals surface area contributed by atoms with E-state index in [4.69, 9.17) is 0 Å². The molecule has 0 amide bonds. The fourth-order valence-electron chi connectivity index (χ4n) is 1.73. The zero-order chi connectivity index (χ0) is 13.5. The van der Waals surface area contributed by atoms with E-state index >= 15 is 0 Å². The Kier molecular flexibility index (Phi) is 5.85. The van der Waals surface area contributed by atoms with Gasteiger partial charge in [0.15, 0.2) is 0 Å². The van der Waals surface area contributed by atoms with Crippen molar-refractivity contribution in [2.75, 3.05) is 13.1 Å². The van der Waals surface area contributed by atoms with Crippen molar-refractivity contribution in [3.05, 3.63) is 33.1 Å². The minimum Gasteiger partial charge on any atom is -0.315 e. The van der Waals surface area contributed by atoms with Crippen molar-refractivity contribution in [2.24, 2.45) is 13.0 Å². The van der Waals surface area contributed by atoms with E-state index < -0.39 is 11.1 Å². The quantitative estimate of drug-likeness (QED) is 0.571. The van der Waals surface area contributed by atoms with Crippen LogP contribution in [0.5, 0.6) is 0 Å². The van der Waals surface area contributed by atoms with Gasteiger partial charge in [0.2, 0.25) is 0 Å². The second-order valence-corrected chi connectivity index (χ2v) is 5.00.